The van der Waals surface area contributed by atoms with Gasteiger partial charge in [0, 0.05) is 56.6 Å². The van der Waals surface area contributed by atoms with Gasteiger partial charge in [-0.1, -0.05) is 6.08 Å². The third-order valence-electron chi connectivity index (χ3n) is 7.15. The number of rotatable bonds is 7. The van der Waals surface area contributed by atoms with E-state index in [4.69, 9.17) is 4.42 Å². The lowest BCUT2D eigenvalue weighted by Gasteiger charge is -2.38. The summed E-state index contributed by atoms with van der Waals surface area (Å²) in [6.07, 6.45) is 11.5. The summed E-state index contributed by atoms with van der Waals surface area (Å²) >= 11 is 0. The molecule has 2 aromatic rings. The number of piperazine rings is 1. The molecule has 0 aromatic carbocycles. The minimum absolute atomic E-state index is 0.0331. The number of nitrogens with one attached hydrogen (secondary N) is 1. The molecule has 1 aliphatic carbocycles. The first kappa shape index (κ1) is 23.5. The quantitative estimate of drug-likeness (QED) is 0.638. The van der Waals surface area contributed by atoms with Crippen LogP contribution in [-0.4, -0.2) is 73.0 Å². The summed E-state index contributed by atoms with van der Waals surface area (Å²) < 4.78 is 33.3. The number of nitrogens with zero attached hydrogens (tertiary/aromatic N) is 4. The molecule has 1 N–H and O–H groups in total. The normalized spacial score (nSPS) is 26.5. The molecule has 4 heterocycles. The fourth-order valence-electron chi connectivity index (χ4n) is 4.92. The first-order valence-corrected chi connectivity index (χ1v) is 13.8. The molecular weight excluding hydrogens is 454 g/mol. The Morgan fingerprint density at radius 1 is 1.26 bits per heavy atom. The molecule has 3 atom stereocenters. The second kappa shape index (κ2) is 9.07. The minimum Gasteiger partial charge on any atom is -0.459 e. The number of furan rings is 1. The average Bonchev–Trinajstić information content (AvgIpc) is 3.53. The van der Waals surface area contributed by atoms with Gasteiger partial charge in [-0.05, 0) is 44.4 Å². The SMILES string of the molecule is C[C@@H]1CN(S(C)(=O)=O)CCN1Cc1cc2c(=O)n(C)cc(C3C=CC=NC3NCC3CC3)c2o1. The Kier molecular flexibility index (Phi) is 6.26. The molecule has 0 bridgehead atoms. The highest BCUT2D eigenvalue weighted by Gasteiger charge is 2.31. The van der Waals surface area contributed by atoms with E-state index < -0.39 is 10.0 Å². The van der Waals surface area contributed by atoms with Crippen LogP contribution in [0.25, 0.3) is 11.0 Å². The fraction of sp³-hybridized carbons (Fsp3) is 0.583. The smallest absolute Gasteiger partial charge is 0.261 e. The number of aliphatic imine (C=N–C) groups is 1. The van der Waals surface area contributed by atoms with E-state index in [-0.39, 0.29) is 23.7 Å². The van der Waals surface area contributed by atoms with Crippen molar-refractivity contribution < 1.29 is 12.8 Å². The lowest BCUT2D eigenvalue weighted by Crippen LogP contribution is -2.52. The number of aryl methyl sites for hydroxylation is 1. The van der Waals surface area contributed by atoms with Crippen molar-refractivity contribution in [2.75, 3.05) is 32.4 Å². The number of pyridine rings is 1. The molecule has 0 amide bonds. The van der Waals surface area contributed by atoms with Crippen LogP contribution in [0.4, 0.5) is 0 Å². The zero-order valence-electron chi connectivity index (χ0n) is 20.0. The molecule has 1 saturated carbocycles. The van der Waals surface area contributed by atoms with E-state index in [9.17, 15) is 13.2 Å². The zero-order valence-corrected chi connectivity index (χ0v) is 20.8. The minimum atomic E-state index is -3.20. The molecule has 184 valence electrons. The van der Waals surface area contributed by atoms with Crippen LogP contribution in [0.1, 0.15) is 37.0 Å². The average molecular weight is 488 g/mol. The molecule has 2 aliphatic heterocycles. The van der Waals surface area contributed by atoms with E-state index >= 15 is 0 Å². The van der Waals surface area contributed by atoms with Gasteiger partial charge in [0.1, 0.15) is 17.5 Å². The van der Waals surface area contributed by atoms with Gasteiger partial charge in [0.05, 0.1) is 18.2 Å². The first-order valence-electron chi connectivity index (χ1n) is 11.9. The lowest BCUT2D eigenvalue weighted by molar-refractivity contribution is 0.115. The van der Waals surface area contributed by atoms with Gasteiger partial charge in [0.25, 0.3) is 5.56 Å². The predicted octanol–water partition coefficient (Wildman–Crippen LogP) is 1.65. The van der Waals surface area contributed by atoms with Crippen molar-refractivity contribution in [2.24, 2.45) is 18.0 Å². The van der Waals surface area contributed by atoms with Gasteiger partial charge in [-0.15, -0.1) is 0 Å². The van der Waals surface area contributed by atoms with Crippen LogP contribution in [0.5, 0.6) is 0 Å². The topological polar surface area (TPSA) is 100 Å². The molecule has 34 heavy (non-hydrogen) atoms. The van der Waals surface area contributed by atoms with Crippen LogP contribution in [0.15, 0.2) is 38.6 Å². The summed E-state index contributed by atoms with van der Waals surface area (Å²) in [7, 11) is -1.43. The molecule has 3 aliphatic rings. The standard InChI is InChI=1S/C24H33N5O4S/c1-16-13-29(34(3,31)32)10-9-28(16)14-18-11-20-22(33-18)21(15-27(2)24(20)30)19-5-4-8-25-23(19)26-12-17-6-7-17/h4-5,8,11,15-17,19,23,26H,6-7,9-10,12-14H2,1-3H3/t16-,19?,23?/m1/s1. The van der Waals surface area contributed by atoms with Crippen molar-refractivity contribution >= 4 is 27.2 Å². The highest BCUT2D eigenvalue weighted by Crippen LogP contribution is 2.33. The Balaban J connectivity index is 1.42. The molecule has 0 spiro atoms. The third kappa shape index (κ3) is 4.77. The molecule has 2 fully saturated rings. The van der Waals surface area contributed by atoms with Crippen molar-refractivity contribution in [3.8, 4) is 0 Å². The largest absolute Gasteiger partial charge is 0.459 e. The molecule has 5 rings (SSSR count). The summed E-state index contributed by atoms with van der Waals surface area (Å²) in [4.78, 5) is 19.8. The number of fused-ring (bicyclic) bond motifs is 1. The maximum Gasteiger partial charge on any atom is 0.261 e. The Bertz CT molecular complexity index is 1290. The highest BCUT2D eigenvalue weighted by atomic mass is 32.2. The second-order valence-electron chi connectivity index (χ2n) is 9.90. The molecule has 2 unspecified atom stereocenters. The maximum absolute atomic E-state index is 12.9. The summed E-state index contributed by atoms with van der Waals surface area (Å²) in [5.74, 6) is 1.42. The van der Waals surface area contributed by atoms with Gasteiger partial charge < -0.3 is 8.98 Å². The van der Waals surface area contributed by atoms with E-state index in [0.717, 1.165) is 18.0 Å². The van der Waals surface area contributed by atoms with Gasteiger partial charge in [0.15, 0.2) is 0 Å². The van der Waals surface area contributed by atoms with Crippen LogP contribution < -0.4 is 10.9 Å². The first-order chi connectivity index (χ1) is 16.2. The molecule has 10 heteroatoms. The molecule has 0 radical (unpaired) electrons. The van der Waals surface area contributed by atoms with E-state index in [0.29, 0.717) is 42.9 Å². The zero-order chi connectivity index (χ0) is 24.0. The maximum atomic E-state index is 12.9. The van der Waals surface area contributed by atoms with Crippen molar-refractivity contribution in [3.63, 3.8) is 0 Å². The van der Waals surface area contributed by atoms with Gasteiger partial charge >= 0.3 is 0 Å². The number of hydrogen-bond donors (Lipinski definition) is 1. The monoisotopic (exact) mass is 487 g/mol. The van der Waals surface area contributed by atoms with Gasteiger partial charge in [-0.25, -0.2) is 8.42 Å². The van der Waals surface area contributed by atoms with Crippen molar-refractivity contribution in [1.29, 1.82) is 0 Å². The van der Waals surface area contributed by atoms with Crippen LogP contribution in [0, 0.1) is 5.92 Å². The van der Waals surface area contributed by atoms with Crippen LogP contribution in [0.3, 0.4) is 0 Å². The van der Waals surface area contributed by atoms with E-state index in [1.54, 1.807) is 11.6 Å². The van der Waals surface area contributed by atoms with E-state index in [1.165, 1.54) is 23.4 Å². The Labute approximate surface area is 200 Å². The Morgan fingerprint density at radius 3 is 2.76 bits per heavy atom. The van der Waals surface area contributed by atoms with Crippen molar-refractivity contribution in [2.45, 2.75) is 44.4 Å². The number of sulfonamides is 1. The summed E-state index contributed by atoms with van der Waals surface area (Å²) in [5.41, 5.74) is 1.47. The molecule has 9 nitrogen and oxygen atoms in total. The third-order valence-corrected chi connectivity index (χ3v) is 8.42. The Morgan fingerprint density at radius 2 is 2.06 bits per heavy atom. The molecule has 1 saturated heterocycles. The number of aromatic nitrogens is 1. The van der Waals surface area contributed by atoms with Crippen LogP contribution in [0.2, 0.25) is 0 Å². The van der Waals surface area contributed by atoms with Gasteiger partial charge in [0.2, 0.25) is 10.0 Å². The van der Waals surface area contributed by atoms with Crippen molar-refractivity contribution in [3.05, 3.63) is 46.1 Å². The number of hydrogen-bond acceptors (Lipinski definition) is 7. The predicted molar refractivity (Wildman–Crippen MR) is 133 cm³/mol. The molecular formula is C24H33N5O4S. The van der Waals surface area contributed by atoms with Gasteiger partial charge in [-0.3, -0.25) is 20.0 Å². The summed E-state index contributed by atoms with van der Waals surface area (Å²) in [5, 5.41) is 4.16. The lowest BCUT2D eigenvalue weighted by atomic mass is 9.94. The van der Waals surface area contributed by atoms with E-state index in [2.05, 4.69) is 21.3 Å². The summed E-state index contributed by atoms with van der Waals surface area (Å²) in [6.45, 7) is 5.01. The fourth-order valence-corrected chi connectivity index (χ4v) is 5.82. The highest BCUT2D eigenvalue weighted by molar-refractivity contribution is 7.88. The van der Waals surface area contributed by atoms with E-state index in [1.807, 2.05) is 31.5 Å². The van der Waals surface area contributed by atoms with Crippen LogP contribution >= 0.6 is 0 Å². The number of allylic oxidation sites excluding steroid dienone is 1. The Hall–Kier alpha value is -2.27. The van der Waals surface area contributed by atoms with Gasteiger partial charge in [-0.2, -0.15) is 4.31 Å². The molecule has 2 aromatic heterocycles. The van der Waals surface area contributed by atoms with Crippen LogP contribution in [-0.2, 0) is 23.6 Å². The second-order valence-corrected chi connectivity index (χ2v) is 11.9. The van der Waals surface area contributed by atoms with Crippen molar-refractivity contribution in [1.82, 2.24) is 19.1 Å². The summed E-state index contributed by atoms with van der Waals surface area (Å²) in [6, 6.07) is 1.89. The number of dihydropyridines is 1.